The molecule has 1 amide bonds. The number of carbonyl (C=O) groups excluding carboxylic acids is 1. The number of aromatic nitrogens is 4. The zero-order chi connectivity index (χ0) is 26.5. The van der Waals surface area contributed by atoms with Crippen molar-refractivity contribution in [3.05, 3.63) is 58.7 Å². The second kappa shape index (κ2) is 8.74. The molecule has 1 aliphatic carbocycles. The van der Waals surface area contributed by atoms with E-state index in [1.807, 2.05) is 0 Å². The summed E-state index contributed by atoms with van der Waals surface area (Å²) in [6.07, 6.45) is -3.33. The molecule has 0 saturated heterocycles. The molecule has 10 nitrogen and oxygen atoms in total. The van der Waals surface area contributed by atoms with Gasteiger partial charge >= 0.3 is 6.18 Å². The lowest BCUT2D eigenvalue weighted by molar-refractivity contribution is -0.142. The molecule has 3 aromatic rings. The number of nitrogens with zero attached hydrogens (tertiary/aromatic N) is 4. The molecule has 2 heterocycles. The summed E-state index contributed by atoms with van der Waals surface area (Å²) in [4.78, 5) is 12.9. The smallest absolute Gasteiger partial charge is 0.414 e. The predicted octanol–water partition coefficient (Wildman–Crippen LogP) is 3.16. The van der Waals surface area contributed by atoms with Crippen LogP contribution in [0.3, 0.4) is 0 Å². The van der Waals surface area contributed by atoms with E-state index in [-0.39, 0.29) is 16.3 Å². The Hall–Kier alpha value is -3.72. The zero-order valence-electron chi connectivity index (χ0n) is 18.6. The van der Waals surface area contributed by atoms with Crippen LogP contribution in [0.5, 0.6) is 11.8 Å². The molecule has 4 rings (SSSR count). The van der Waals surface area contributed by atoms with E-state index < -0.39 is 61.9 Å². The minimum Gasteiger partial charge on any atom is -0.414 e. The number of aliphatic hydroxyl groups is 1. The Morgan fingerprint density at radius 3 is 2.36 bits per heavy atom. The molecule has 0 atom stereocenters. The Bertz CT molecular complexity index is 1480. The normalized spacial score (nSPS) is 14.9. The van der Waals surface area contributed by atoms with Crippen LogP contribution >= 0.6 is 0 Å². The van der Waals surface area contributed by atoms with Crippen molar-refractivity contribution in [2.24, 2.45) is 0 Å². The first kappa shape index (κ1) is 25.4. The van der Waals surface area contributed by atoms with Gasteiger partial charge in [0.1, 0.15) is 11.2 Å². The Morgan fingerprint density at radius 1 is 1.11 bits per heavy atom. The Balaban J connectivity index is 1.73. The van der Waals surface area contributed by atoms with Crippen molar-refractivity contribution in [3.8, 4) is 11.8 Å². The van der Waals surface area contributed by atoms with Gasteiger partial charge in [0.2, 0.25) is 0 Å². The van der Waals surface area contributed by atoms with Crippen LogP contribution in [0, 0.1) is 12.7 Å². The molecule has 0 spiro atoms. The van der Waals surface area contributed by atoms with Crippen LogP contribution in [-0.4, -0.2) is 46.1 Å². The van der Waals surface area contributed by atoms with Crippen LogP contribution in [0.2, 0.25) is 0 Å². The Morgan fingerprint density at radius 2 is 1.78 bits per heavy atom. The number of rotatable bonds is 6. The summed E-state index contributed by atoms with van der Waals surface area (Å²) in [6.45, 7) is 0.944. The third-order valence-corrected chi connectivity index (χ3v) is 6.42. The average Bonchev–Trinajstić information content (AvgIpc) is 3.52. The van der Waals surface area contributed by atoms with Gasteiger partial charge in [-0.1, -0.05) is 6.07 Å². The third kappa shape index (κ3) is 5.11. The van der Waals surface area contributed by atoms with Crippen LogP contribution in [0.25, 0.3) is 0 Å². The molecule has 36 heavy (non-hydrogen) atoms. The minimum atomic E-state index is -4.98. The zero-order valence-corrected chi connectivity index (χ0v) is 19.4. The largest absolute Gasteiger partial charge is 0.435 e. The van der Waals surface area contributed by atoms with Crippen molar-refractivity contribution in [2.45, 2.75) is 36.4 Å². The first-order chi connectivity index (χ1) is 16.7. The fourth-order valence-electron chi connectivity index (χ4n) is 3.23. The molecular weight excluding hydrogens is 510 g/mol. The fourth-order valence-corrected chi connectivity index (χ4v) is 3.89. The van der Waals surface area contributed by atoms with Gasteiger partial charge in [-0.15, -0.1) is 20.4 Å². The van der Waals surface area contributed by atoms with Crippen LogP contribution in [0.4, 0.5) is 23.2 Å². The maximum absolute atomic E-state index is 14.6. The van der Waals surface area contributed by atoms with Gasteiger partial charge in [0.05, 0.1) is 10.6 Å². The monoisotopic (exact) mass is 527 g/mol. The number of hydrogen-bond donors (Lipinski definition) is 2. The topological polar surface area (TPSA) is 144 Å². The number of amides is 1. The van der Waals surface area contributed by atoms with Crippen molar-refractivity contribution in [3.63, 3.8) is 0 Å². The van der Waals surface area contributed by atoms with Crippen LogP contribution in [-0.2, 0) is 21.6 Å². The second-order valence-electron chi connectivity index (χ2n) is 8.12. The van der Waals surface area contributed by atoms with E-state index in [0.29, 0.717) is 12.8 Å². The van der Waals surface area contributed by atoms with Gasteiger partial charge < -0.3 is 15.2 Å². The van der Waals surface area contributed by atoms with Crippen molar-refractivity contribution in [1.82, 2.24) is 20.4 Å². The fraction of sp³-hybridized carbons (Fsp3) is 0.286. The lowest BCUT2D eigenvalue weighted by Gasteiger charge is -2.16. The van der Waals surface area contributed by atoms with Crippen molar-refractivity contribution < 1.29 is 40.6 Å². The van der Waals surface area contributed by atoms with E-state index >= 15 is 0 Å². The number of hydrogen-bond acceptors (Lipinski definition) is 9. The highest BCUT2D eigenvalue weighted by Gasteiger charge is 2.44. The van der Waals surface area contributed by atoms with Gasteiger partial charge in [-0.05, 0) is 43.5 Å². The Labute approximate surface area is 201 Å². The van der Waals surface area contributed by atoms with Crippen molar-refractivity contribution >= 4 is 21.4 Å². The van der Waals surface area contributed by atoms with Crippen LogP contribution < -0.4 is 10.1 Å². The third-order valence-electron chi connectivity index (χ3n) is 5.31. The number of anilines is 1. The molecule has 0 unspecified atom stereocenters. The minimum absolute atomic E-state index is 0.0494. The number of halogens is 4. The summed E-state index contributed by atoms with van der Waals surface area (Å²) < 4.78 is 83.7. The highest BCUT2D eigenvalue weighted by atomic mass is 32.2. The maximum atomic E-state index is 14.6. The van der Waals surface area contributed by atoms with Crippen molar-refractivity contribution in [2.75, 3.05) is 11.6 Å². The van der Waals surface area contributed by atoms with Crippen LogP contribution in [0.1, 0.15) is 40.2 Å². The summed E-state index contributed by atoms with van der Waals surface area (Å²) in [6, 6.07) is 5.87. The molecule has 0 aliphatic heterocycles. The van der Waals surface area contributed by atoms with E-state index in [0.717, 1.165) is 25.3 Å². The standard InChI is InChI=1S/C21H17F4N5O5S/c1-10-15(17(31)26-11-4-3-5-12(8-11)36(2,33)34)19(30-28-16(10)21(23,24)25)35-18-13(22)9-14(27-29-18)20(32)6-7-20/h3-5,8-9,32H,6-7H2,1-2H3,(H,26,31). The van der Waals surface area contributed by atoms with E-state index in [4.69, 9.17) is 4.74 Å². The molecular formula is C21H17F4N5O5S. The number of nitrogens with one attached hydrogen (secondary N) is 1. The summed E-state index contributed by atoms with van der Waals surface area (Å²) >= 11 is 0. The highest BCUT2D eigenvalue weighted by Crippen LogP contribution is 2.44. The van der Waals surface area contributed by atoms with E-state index in [1.165, 1.54) is 18.2 Å². The molecule has 1 aliphatic rings. The van der Waals surface area contributed by atoms with Gasteiger partial charge in [0.25, 0.3) is 17.7 Å². The number of sulfone groups is 1. The molecule has 2 aromatic heterocycles. The molecule has 2 N–H and O–H groups in total. The van der Waals surface area contributed by atoms with Gasteiger partial charge in [0, 0.05) is 18.0 Å². The second-order valence-corrected chi connectivity index (χ2v) is 10.1. The van der Waals surface area contributed by atoms with E-state index in [1.54, 1.807) is 0 Å². The number of ether oxygens (including phenoxy) is 1. The van der Waals surface area contributed by atoms with E-state index in [9.17, 15) is 35.9 Å². The average molecular weight is 527 g/mol. The predicted molar refractivity (Wildman–Crippen MR) is 114 cm³/mol. The van der Waals surface area contributed by atoms with Crippen molar-refractivity contribution in [1.29, 1.82) is 0 Å². The highest BCUT2D eigenvalue weighted by molar-refractivity contribution is 7.90. The molecule has 0 radical (unpaired) electrons. The lowest BCUT2D eigenvalue weighted by atomic mass is 10.1. The van der Waals surface area contributed by atoms with E-state index in [2.05, 4.69) is 25.7 Å². The number of carbonyl (C=O) groups is 1. The summed E-state index contributed by atoms with van der Waals surface area (Å²) in [5.41, 5.74) is -4.31. The molecule has 0 bridgehead atoms. The summed E-state index contributed by atoms with van der Waals surface area (Å²) in [7, 11) is -3.65. The first-order valence-electron chi connectivity index (χ1n) is 10.2. The van der Waals surface area contributed by atoms with Gasteiger partial charge in [0.15, 0.2) is 21.3 Å². The molecule has 15 heteroatoms. The molecule has 1 saturated carbocycles. The summed E-state index contributed by atoms with van der Waals surface area (Å²) in [5.74, 6) is -3.88. The van der Waals surface area contributed by atoms with Gasteiger partial charge in [-0.3, -0.25) is 4.79 Å². The SMILES string of the molecule is Cc1c(C(F)(F)F)nnc(Oc2nnc(C3(O)CC3)cc2F)c1C(=O)Nc1cccc(S(C)(=O)=O)c1. The van der Waals surface area contributed by atoms with Gasteiger partial charge in [-0.25, -0.2) is 12.8 Å². The van der Waals surface area contributed by atoms with Gasteiger partial charge in [-0.2, -0.15) is 13.2 Å². The molecule has 1 fully saturated rings. The molecule has 190 valence electrons. The first-order valence-corrected chi connectivity index (χ1v) is 12.1. The quantitative estimate of drug-likeness (QED) is 0.462. The maximum Gasteiger partial charge on any atom is 0.435 e. The Kier molecular flexibility index (Phi) is 6.16. The number of benzene rings is 1. The lowest BCUT2D eigenvalue weighted by Crippen LogP contribution is -2.21. The van der Waals surface area contributed by atoms with Crippen LogP contribution in [0.15, 0.2) is 35.2 Å². The molecule has 1 aromatic carbocycles. The number of alkyl halides is 3. The summed E-state index contributed by atoms with van der Waals surface area (Å²) in [5, 5.41) is 25.9.